The Hall–Kier alpha value is -1.57. The van der Waals surface area contributed by atoms with Crippen LogP contribution in [0.2, 0.25) is 0 Å². The summed E-state index contributed by atoms with van der Waals surface area (Å²) in [6.45, 7) is 6.34. The van der Waals surface area contributed by atoms with Crippen molar-refractivity contribution in [2.75, 3.05) is 0 Å². The van der Waals surface area contributed by atoms with E-state index in [9.17, 15) is 0 Å². The minimum absolute atomic E-state index is 0.458. The van der Waals surface area contributed by atoms with E-state index in [0.29, 0.717) is 6.04 Å². The molecule has 1 aromatic heterocycles. The molecule has 2 heteroatoms. The largest absolute Gasteiger partial charge is 0.382 e. The number of rotatable bonds is 3. The van der Waals surface area contributed by atoms with Crippen molar-refractivity contribution in [2.45, 2.75) is 39.7 Å². The SMILES string of the molecule is CC1=C(CCc2ccc(C)nc2)C=CC(C)N1. The van der Waals surface area contributed by atoms with Crippen molar-refractivity contribution in [1.82, 2.24) is 10.3 Å². The summed E-state index contributed by atoms with van der Waals surface area (Å²) in [7, 11) is 0. The molecule has 0 bridgehead atoms. The Balaban J connectivity index is 1.97. The monoisotopic (exact) mass is 228 g/mol. The molecular weight excluding hydrogens is 208 g/mol. The number of nitrogens with one attached hydrogen (secondary N) is 1. The molecule has 0 saturated heterocycles. The van der Waals surface area contributed by atoms with Crippen LogP contribution in [0.3, 0.4) is 0 Å². The van der Waals surface area contributed by atoms with E-state index in [1.54, 1.807) is 0 Å². The molecule has 90 valence electrons. The third kappa shape index (κ3) is 3.19. The number of hydrogen-bond donors (Lipinski definition) is 1. The van der Waals surface area contributed by atoms with Crippen molar-refractivity contribution >= 4 is 0 Å². The zero-order chi connectivity index (χ0) is 12.3. The summed E-state index contributed by atoms with van der Waals surface area (Å²) in [5, 5.41) is 3.45. The van der Waals surface area contributed by atoms with Gasteiger partial charge in [0, 0.05) is 23.6 Å². The zero-order valence-corrected chi connectivity index (χ0v) is 10.8. The second kappa shape index (κ2) is 5.17. The summed E-state index contributed by atoms with van der Waals surface area (Å²) in [4.78, 5) is 4.32. The summed E-state index contributed by atoms with van der Waals surface area (Å²) >= 11 is 0. The van der Waals surface area contributed by atoms with Crippen LogP contribution in [-0.4, -0.2) is 11.0 Å². The van der Waals surface area contributed by atoms with E-state index in [0.717, 1.165) is 18.5 Å². The molecule has 1 N–H and O–H groups in total. The fourth-order valence-electron chi connectivity index (χ4n) is 2.06. The van der Waals surface area contributed by atoms with Crippen LogP contribution in [0.4, 0.5) is 0 Å². The van der Waals surface area contributed by atoms with Crippen LogP contribution in [0.5, 0.6) is 0 Å². The first kappa shape index (κ1) is 11.9. The van der Waals surface area contributed by atoms with Crippen molar-refractivity contribution in [3.63, 3.8) is 0 Å². The highest BCUT2D eigenvalue weighted by molar-refractivity contribution is 5.30. The van der Waals surface area contributed by atoms with Gasteiger partial charge in [0.2, 0.25) is 0 Å². The van der Waals surface area contributed by atoms with Gasteiger partial charge < -0.3 is 5.32 Å². The van der Waals surface area contributed by atoms with Crippen LogP contribution >= 0.6 is 0 Å². The zero-order valence-electron chi connectivity index (χ0n) is 10.8. The Morgan fingerprint density at radius 1 is 1.24 bits per heavy atom. The lowest BCUT2D eigenvalue weighted by Crippen LogP contribution is -2.25. The number of nitrogens with zero attached hydrogens (tertiary/aromatic N) is 1. The van der Waals surface area contributed by atoms with Crippen LogP contribution in [0.1, 0.15) is 31.5 Å². The van der Waals surface area contributed by atoms with E-state index in [1.807, 2.05) is 13.1 Å². The molecule has 0 radical (unpaired) electrons. The Morgan fingerprint density at radius 3 is 2.71 bits per heavy atom. The van der Waals surface area contributed by atoms with E-state index in [4.69, 9.17) is 0 Å². The van der Waals surface area contributed by atoms with Gasteiger partial charge in [-0.1, -0.05) is 18.2 Å². The molecule has 17 heavy (non-hydrogen) atoms. The Labute approximate surface area is 103 Å². The molecule has 1 atom stereocenters. The molecule has 0 amide bonds. The highest BCUT2D eigenvalue weighted by Gasteiger charge is 2.08. The van der Waals surface area contributed by atoms with Crippen molar-refractivity contribution < 1.29 is 0 Å². The molecule has 0 saturated carbocycles. The number of allylic oxidation sites excluding steroid dienone is 3. The van der Waals surface area contributed by atoms with Gasteiger partial charge in [0.15, 0.2) is 0 Å². The normalized spacial score (nSPS) is 19.4. The molecule has 1 aromatic rings. The number of aromatic nitrogens is 1. The lowest BCUT2D eigenvalue weighted by molar-refractivity contribution is 0.698. The molecule has 0 aromatic carbocycles. The molecular formula is C15H20N2. The number of aryl methyl sites for hydroxylation is 2. The van der Waals surface area contributed by atoms with Gasteiger partial charge in [0.05, 0.1) is 0 Å². The molecule has 2 nitrogen and oxygen atoms in total. The average Bonchev–Trinajstić information content (AvgIpc) is 2.30. The van der Waals surface area contributed by atoms with E-state index in [1.165, 1.54) is 16.8 Å². The third-order valence-electron chi connectivity index (χ3n) is 3.17. The lowest BCUT2D eigenvalue weighted by atomic mass is 10.0. The highest BCUT2D eigenvalue weighted by Crippen LogP contribution is 2.17. The van der Waals surface area contributed by atoms with Crippen molar-refractivity contribution in [3.05, 3.63) is 53.0 Å². The Morgan fingerprint density at radius 2 is 2.06 bits per heavy atom. The molecule has 1 aliphatic heterocycles. The molecule has 0 spiro atoms. The summed E-state index contributed by atoms with van der Waals surface area (Å²) < 4.78 is 0. The molecule has 2 rings (SSSR count). The third-order valence-corrected chi connectivity index (χ3v) is 3.17. The first-order valence-corrected chi connectivity index (χ1v) is 6.21. The average molecular weight is 228 g/mol. The van der Waals surface area contributed by atoms with Crippen LogP contribution < -0.4 is 5.32 Å². The van der Waals surface area contributed by atoms with E-state index >= 15 is 0 Å². The van der Waals surface area contributed by atoms with E-state index in [2.05, 4.69) is 48.4 Å². The predicted octanol–water partition coefficient (Wildman–Crippen LogP) is 3.14. The van der Waals surface area contributed by atoms with Crippen molar-refractivity contribution in [2.24, 2.45) is 0 Å². The molecule has 1 aliphatic rings. The number of dihydropyridines is 1. The minimum Gasteiger partial charge on any atom is -0.382 e. The van der Waals surface area contributed by atoms with E-state index in [-0.39, 0.29) is 0 Å². The molecule has 2 heterocycles. The first-order valence-electron chi connectivity index (χ1n) is 6.21. The summed E-state index contributed by atoms with van der Waals surface area (Å²) in [5.41, 5.74) is 5.10. The molecule has 0 fully saturated rings. The summed E-state index contributed by atoms with van der Waals surface area (Å²) in [5.74, 6) is 0. The van der Waals surface area contributed by atoms with Crippen LogP contribution in [0.25, 0.3) is 0 Å². The quantitative estimate of drug-likeness (QED) is 0.859. The highest BCUT2D eigenvalue weighted by atomic mass is 14.9. The van der Waals surface area contributed by atoms with E-state index < -0.39 is 0 Å². The van der Waals surface area contributed by atoms with Crippen molar-refractivity contribution in [3.8, 4) is 0 Å². The van der Waals surface area contributed by atoms with Gasteiger partial charge in [0.25, 0.3) is 0 Å². The smallest absolute Gasteiger partial charge is 0.0416 e. The standard InChI is InChI=1S/C15H20N2/c1-11-4-6-14(10-16-11)7-9-15-8-5-12(2)17-13(15)3/h4-6,8,10,12,17H,7,9H2,1-3H3. The van der Waals surface area contributed by atoms with Gasteiger partial charge >= 0.3 is 0 Å². The fourth-order valence-corrected chi connectivity index (χ4v) is 2.06. The maximum Gasteiger partial charge on any atom is 0.0416 e. The fraction of sp³-hybridized carbons (Fsp3) is 0.400. The van der Waals surface area contributed by atoms with Gasteiger partial charge in [-0.15, -0.1) is 0 Å². The van der Waals surface area contributed by atoms with Gasteiger partial charge in [-0.2, -0.15) is 0 Å². The topological polar surface area (TPSA) is 24.9 Å². The van der Waals surface area contributed by atoms with Gasteiger partial charge in [-0.05, 0) is 50.8 Å². The van der Waals surface area contributed by atoms with Crippen molar-refractivity contribution in [1.29, 1.82) is 0 Å². The van der Waals surface area contributed by atoms with Gasteiger partial charge in [-0.3, -0.25) is 4.98 Å². The second-order valence-corrected chi connectivity index (χ2v) is 4.75. The van der Waals surface area contributed by atoms with Crippen LogP contribution in [0.15, 0.2) is 41.8 Å². The molecule has 1 unspecified atom stereocenters. The summed E-state index contributed by atoms with van der Waals surface area (Å²) in [6.07, 6.45) is 8.58. The Bertz CT molecular complexity index is 440. The maximum absolute atomic E-state index is 4.32. The van der Waals surface area contributed by atoms with Crippen LogP contribution in [-0.2, 0) is 6.42 Å². The number of hydrogen-bond acceptors (Lipinski definition) is 2. The Kier molecular flexibility index (Phi) is 3.62. The first-order chi connectivity index (χ1) is 8.15. The molecule has 0 aliphatic carbocycles. The second-order valence-electron chi connectivity index (χ2n) is 4.75. The minimum atomic E-state index is 0.458. The lowest BCUT2D eigenvalue weighted by Gasteiger charge is -2.20. The number of pyridine rings is 1. The van der Waals surface area contributed by atoms with Gasteiger partial charge in [-0.25, -0.2) is 0 Å². The predicted molar refractivity (Wildman–Crippen MR) is 71.7 cm³/mol. The summed E-state index contributed by atoms with van der Waals surface area (Å²) in [6, 6.07) is 4.70. The van der Waals surface area contributed by atoms with Gasteiger partial charge in [0.1, 0.15) is 0 Å². The van der Waals surface area contributed by atoms with Crippen LogP contribution in [0, 0.1) is 6.92 Å². The maximum atomic E-state index is 4.32.